The third-order valence-electron chi connectivity index (χ3n) is 3.55. The van der Waals surface area contributed by atoms with Gasteiger partial charge in [0.25, 0.3) is 0 Å². The van der Waals surface area contributed by atoms with Crippen LogP contribution in [-0.2, 0) is 4.79 Å². The zero-order chi connectivity index (χ0) is 14.0. The van der Waals surface area contributed by atoms with E-state index in [0.29, 0.717) is 6.54 Å². The van der Waals surface area contributed by atoms with Gasteiger partial charge in [-0.15, -0.1) is 0 Å². The largest absolute Gasteiger partial charge is 0.330 e. The van der Waals surface area contributed by atoms with Crippen molar-refractivity contribution in [2.24, 2.45) is 17.6 Å². The Kier molecular flexibility index (Phi) is 4.66. The first-order valence-corrected chi connectivity index (χ1v) is 6.94. The van der Waals surface area contributed by atoms with Crippen LogP contribution in [0, 0.1) is 17.7 Å². The molecule has 0 aliphatic heterocycles. The lowest BCUT2D eigenvalue weighted by Gasteiger charge is -2.18. The summed E-state index contributed by atoms with van der Waals surface area (Å²) < 4.78 is 13.1. The van der Waals surface area contributed by atoms with Crippen LogP contribution in [0.25, 0.3) is 0 Å². The molecule has 3 nitrogen and oxygen atoms in total. The summed E-state index contributed by atoms with van der Waals surface area (Å²) in [5, 5.41) is 2.88. The molecule has 0 saturated heterocycles. The molecule has 6 heteroatoms. The number of nitrogens with one attached hydrogen (secondary N) is 1. The summed E-state index contributed by atoms with van der Waals surface area (Å²) in [5.41, 5.74) is 5.91. The lowest BCUT2D eigenvalue weighted by molar-refractivity contribution is -0.120. The first-order chi connectivity index (χ1) is 9.02. The van der Waals surface area contributed by atoms with Gasteiger partial charge < -0.3 is 11.1 Å². The monoisotopic (exact) mass is 304 g/mol. The average molecular weight is 305 g/mol. The molecule has 0 radical (unpaired) electrons. The minimum atomic E-state index is -0.534. The first kappa shape index (κ1) is 14.6. The van der Waals surface area contributed by atoms with Crippen LogP contribution in [-0.4, -0.2) is 12.5 Å². The molecule has 2 rings (SSSR count). The van der Waals surface area contributed by atoms with Gasteiger partial charge >= 0.3 is 0 Å². The second-order valence-corrected chi connectivity index (χ2v) is 5.58. The van der Waals surface area contributed by atoms with Crippen LogP contribution in [0.2, 0.25) is 10.0 Å². The Balaban J connectivity index is 2.15. The SMILES string of the molecule is NCC1CCCC1C(=O)Nc1c(Cl)cc(F)cc1Cl. The van der Waals surface area contributed by atoms with Crippen molar-refractivity contribution in [2.75, 3.05) is 11.9 Å². The molecule has 3 N–H and O–H groups in total. The highest BCUT2D eigenvalue weighted by Crippen LogP contribution is 2.35. The second kappa shape index (κ2) is 6.07. The van der Waals surface area contributed by atoms with E-state index >= 15 is 0 Å². The number of halogens is 3. The quantitative estimate of drug-likeness (QED) is 0.898. The number of anilines is 1. The van der Waals surface area contributed by atoms with E-state index in [1.807, 2.05) is 0 Å². The summed E-state index contributed by atoms with van der Waals surface area (Å²) in [6.07, 6.45) is 2.76. The molecular formula is C13H15Cl2FN2O. The minimum Gasteiger partial charge on any atom is -0.330 e. The zero-order valence-corrected chi connectivity index (χ0v) is 11.8. The van der Waals surface area contributed by atoms with Crippen molar-refractivity contribution >= 4 is 34.8 Å². The Morgan fingerprint density at radius 3 is 2.58 bits per heavy atom. The number of nitrogens with two attached hydrogens (primary N) is 1. The van der Waals surface area contributed by atoms with Gasteiger partial charge in [0, 0.05) is 5.92 Å². The predicted molar refractivity (Wildman–Crippen MR) is 74.9 cm³/mol. The van der Waals surface area contributed by atoms with E-state index < -0.39 is 5.82 Å². The molecule has 104 valence electrons. The molecule has 1 aliphatic carbocycles. The van der Waals surface area contributed by atoms with E-state index in [0.717, 1.165) is 31.4 Å². The predicted octanol–water partition coefficient (Wildman–Crippen LogP) is 3.45. The van der Waals surface area contributed by atoms with Crippen molar-refractivity contribution in [1.82, 2.24) is 0 Å². The molecule has 19 heavy (non-hydrogen) atoms. The number of hydrogen-bond donors (Lipinski definition) is 2. The van der Waals surface area contributed by atoms with Gasteiger partial charge in [0.05, 0.1) is 15.7 Å². The molecule has 0 aromatic heterocycles. The normalized spacial score (nSPS) is 22.5. The third kappa shape index (κ3) is 3.19. The summed E-state index contributed by atoms with van der Waals surface area (Å²) >= 11 is 11.8. The third-order valence-corrected chi connectivity index (χ3v) is 4.15. The smallest absolute Gasteiger partial charge is 0.227 e. The van der Waals surface area contributed by atoms with Gasteiger partial charge in [0.1, 0.15) is 5.82 Å². The number of carbonyl (C=O) groups is 1. The van der Waals surface area contributed by atoms with Crippen molar-refractivity contribution in [3.8, 4) is 0 Å². The van der Waals surface area contributed by atoms with E-state index in [2.05, 4.69) is 5.32 Å². The molecule has 1 fully saturated rings. The van der Waals surface area contributed by atoms with Crippen molar-refractivity contribution in [3.63, 3.8) is 0 Å². The van der Waals surface area contributed by atoms with Gasteiger partial charge in [-0.25, -0.2) is 4.39 Å². The first-order valence-electron chi connectivity index (χ1n) is 6.18. The van der Waals surface area contributed by atoms with E-state index in [1.54, 1.807) is 0 Å². The zero-order valence-electron chi connectivity index (χ0n) is 10.3. The van der Waals surface area contributed by atoms with Gasteiger partial charge in [-0.05, 0) is 37.4 Å². The molecule has 0 bridgehead atoms. The highest BCUT2D eigenvalue weighted by molar-refractivity contribution is 6.39. The van der Waals surface area contributed by atoms with Crippen LogP contribution >= 0.6 is 23.2 Å². The van der Waals surface area contributed by atoms with Crippen LogP contribution < -0.4 is 11.1 Å². The Morgan fingerprint density at radius 1 is 1.37 bits per heavy atom. The van der Waals surface area contributed by atoms with Crippen LogP contribution in [0.1, 0.15) is 19.3 Å². The van der Waals surface area contributed by atoms with E-state index in [4.69, 9.17) is 28.9 Å². The Bertz CT molecular complexity index is 473. The highest BCUT2D eigenvalue weighted by atomic mass is 35.5. The summed E-state index contributed by atoms with van der Waals surface area (Å²) in [5.74, 6) is -0.614. The molecule has 1 saturated carbocycles. The van der Waals surface area contributed by atoms with E-state index in [1.165, 1.54) is 0 Å². The highest BCUT2D eigenvalue weighted by Gasteiger charge is 2.32. The second-order valence-electron chi connectivity index (χ2n) is 4.77. The van der Waals surface area contributed by atoms with Crippen molar-refractivity contribution in [3.05, 3.63) is 28.0 Å². The van der Waals surface area contributed by atoms with Crippen LogP contribution in [0.4, 0.5) is 10.1 Å². The molecule has 1 aliphatic rings. The number of hydrogen-bond acceptors (Lipinski definition) is 2. The number of rotatable bonds is 3. The summed E-state index contributed by atoms with van der Waals surface area (Å²) in [6, 6.07) is 2.25. The number of benzene rings is 1. The van der Waals surface area contributed by atoms with E-state index in [9.17, 15) is 9.18 Å². The van der Waals surface area contributed by atoms with Gasteiger partial charge in [-0.2, -0.15) is 0 Å². The van der Waals surface area contributed by atoms with Gasteiger partial charge in [0.15, 0.2) is 0 Å². The Morgan fingerprint density at radius 2 is 2.00 bits per heavy atom. The molecule has 2 atom stereocenters. The Labute approximate surface area is 121 Å². The van der Waals surface area contributed by atoms with Crippen molar-refractivity contribution in [1.29, 1.82) is 0 Å². The Hall–Kier alpha value is -0.840. The van der Waals surface area contributed by atoms with Crippen molar-refractivity contribution < 1.29 is 9.18 Å². The van der Waals surface area contributed by atoms with E-state index in [-0.39, 0.29) is 33.5 Å². The lowest BCUT2D eigenvalue weighted by atomic mass is 9.95. The molecule has 1 amide bonds. The minimum absolute atomic E-state index is 0.0978. The summed E-state index contributed by atoms with van der Waals surface area (Å²) in [6.45, 7) is 0.489. The standard InChI is InChI=1S/C13H15Cl2FN2O/c14-10-4-8(16)5-11(15)12(10)18-13(19)9-3-1-2-7(9)6-17/h4-5,7,9H,1-3,6,17H2,(H,18,19). The summed E-state index contributed by atoms with van der Waals surface area (Å²) in [4.78, 5) is 12.2. The van der Waals surface area contributed by atoms with Gasteiger partial charge in [-0.3, -0.25) is 4.79 Å². The van der Waals surface area contributed by atoms with Crippen LogP contribution in [0.3, 0.4) is 0 Å². The fourth-order valence-electron chi connectivity index (χ4n) is 2.54. The maximum Gasteiger partial charge on any atom is 0.227 e. The van der Waals surface area contributed by atoms with Crippen LogP contribution in [0.5, 0.6) is 0 Å². The molecule has 1 aromatic carbocycles. The molecule has 2 unspecified atom stereocenters. The van der Waals surface area contributed by atoms with Gasteiger partial charge in [0.2, 0.25) is 5.91 Å². The summed E-state index contributed by atoms with van der Waals surface area (Å²) in [7, 11) is 0. The van der Waals surface area contributed by atoms with Crippen LogP contribution in [0.15, 0.2) is 12.1 Å². The van der Waals surface area contributed by atoms with Crippen molar-refractivity contribution in [2.45, 2.75) is 19.3 Å². The topological polar surface area (TPSA) is 55.1 Å². The average Bonchev–Trinajstić information content (AvgIpc) is 2.81. The fourth-order valence-corrected chi connectivity index (χ4v) is 3.10. The maximum atomic E-state index is 13.1. The number of amides is 1. The van der Waals surface area contributed by atoms with Gasteiger partial charge in [-0.1, -0.05) is 29.6 Å². The maximum absolute atomic E-state index is 13.1. The lowest BCUT2D eigenvalue weighted by Crippen LogP contribution is -2.29. The number of carbonyl (C=O) groups excluding carboxylic acids is 1. The molecule has 1 aromatic rings. The molecular weight excluding hydrogens is 290 g/mol. The molecule has 0 heterocycles. The fraction of sp³-hybridized carbons (Fsp3) is 0.462. The molecule has 0 spiro atoms.